The van der Waals surface area contributed by atoms with Gasteiger partial charge in [0.25, 0.3) is 0 Å². The van der Waals surface area contributed by atoms with E-state index in [1.807, 2.05) is 6.92 Å². The van der Waals surface area contributed by atoms with Gasteiger partial charge in [0, 0.05) is 12.2 Å². The maximum Gasteiger partial charge on any atom is 0.322 e. The van der Waals surface area contributed by atoms with Crippen LogP contribution in [0.5, 0.6) is 0 Å². The summed E-state index contributed by atoms with van der Waals surface area (Å²) in [6, 6.07) is 6.70. The smallest absolute Gasteiger partial charge is 0.322 e. The molecule has 0 radical (unpaired) electrons. The Morgan fingerprint density at radius 3 is 2.43 bits per heavy atom. The van der Waals surface area contributed by atoms with Gasteiger partial charge in [0.05, 0.1) is 12.0 Å². The number of aliphatic carboxylic acids is 1. The zero-order chi connectivity index (χ0) is 15.5. The third kappa shape index (κ3) is 3.00. The van der Waals surface area contributed by atoms with Crippen molar-refractivity contribution < 1.29 is 14.7 Å². The second-order valence-corrected chi connectivity index (χ2v) is 5.11. The summed E-state index contributed by atoms with van der Waals surface area (Å²) in [6.07, 6.45) is 6.54. The number of hydrogen-bond donors (Lipinski definition) is 2. The van der Waals surface area contributed by atoms with E-state index < -0.39 is 11.4 Å². The summed E-state index contributed by atoms with van der Waals surface area (Å²) in [5, 5.41) is 12.0. The molecule has 0 unspecified atom stereocenters. The van der Waals surface area contributed by atoms with Gasteiger partial charge in [-0.2, -0.15) is 0 Å². The number of carboxylic acids is 1. The first kappa shape index (κ1) is 14.9. The fourth-order valence-electron chi connectivity index (χ4n) is 2.26. The van der Waals surface area contributed by atoms with Crippen molar-refractivity contribution in [2.75, 3.05) is 18.4 Å². The number of amides is 2. The van der Waals surface area contributed by atoms with Crippen LogP contribution in [0.2, 0.25) is 0 Å². The van der Waals surface area contributed by atoms with E-state index >= 15 is 0 Å². The molecule has 0 heterocycles. The summed E-state index contributed by atoms with van der Waals surface area (Å²) in [4.78, 5) is 24.7. The first-order valence-electron chi connectivity index (χ1n) is 6.87. The average Bonchev–Trinajstić information content (AvgIpc) is 3.27. The van der Waals surface area contributed by atoms with Gasteiger partial charge < -0.3 is 15.3 Å². The molecule has 5 heteroatoms. The highest BCUT2D eigenvalue weighted by molar-refractivity contribution is 5.90. The topological polar surface area (TPSA) is 69.6 Å². The second-order valence-electron chi connectivity index (χ2n) is 5.11. The van der Waals surface area contributed by atoms with Crippen molar-refractivity contribution >= 4 is 17.7 Å². The summed E-state index contributed by atoms with van der Waals surface area (Å²) in [5.74, 6) is 1.65. The monoisotopic (exact) mass is 286 g/mol. The summed E-state index contributed by atoms with van der Waals surface area (Å²) in [5.41, 5.74) is 0.686. The Balaban J connectivity index is 2.05. The van der Waals surface area contributed by atoms with E-state index in [0.717, 1.165) is 5.56 Å². The van der Waals surface area contributed by atoms with Crippen LogP contribution < -0.4 is 5.32 Å². The maximum atomic E-state index is 12.0. The van der Waals surface area contributed by atoms with Gasteiger partial charge in [0.15, 0.2) is 0 Å². The van der Waals surface area contributed by atoms with Crippen LogP contribution in [0, 0.1) is 12.3 Å². The van der Waals surface area contributed by atoms with E-state index in [4.69, 9.17) is 6.42 Å². The van der Waals surface area contributed by atoms with Crippen molar-refractivity contribution in [3.05, 3.63) is 29.8 Å². The highest BCUT2D eigenvalue weighted by Gasteiger charge is 2.51. The molecule has 1 aliphatic rings. The summed E-state index contributed by atoms with van der Waals surface area (Å²) >= 11 is 0. The van der Waals surface area contributed by atoms with E-state index in [-0.39, 0.29) is 12.6 Å². The van der Waals surface area contributed by atoms with Crippen LogP contribution in [-0.4, -0.2) is 35.1 Å². The van der Waals surface area contributed by atoms with Crippen molar-refractivity contribution in [1.82, 2.24) is 4.90 Å². The lowest BCUT2D eigenvalue weighted by Gasteiger charge is -2.19. The van der Waals surface area contributed by atoms with Gasteiger partial charge in [-0.15, -0.1) is 6.42 Å². The van der Waals surface area contributed by atoms with Crippen molar-refractivity contribution in [3.8, 4) is 12.3 Å². The van der Waals surface area contributed by atoms with Crippen molar-refractivity contribution in [2.45, 2.75) is 25.2 Å². The van der Waals surface area contributed by atoms with Crippen LogP contribution in [0.4, 0.5) is 10.5 Å². The molecule has 1 aliphatic carbocycles. The lowest BCUT2D eigenvalue weighted by molar-refractivity contribution is -0.140. The molecule has 0 bridgehead atoms. The normalized spacial score (nSPS) is 14.9. The summed E-state index contributed by atoms with van der Waals surface area (Å²) < 4.78 is 0. The van der Waals surface area contributed by atoms with Crippen LogP contribution in [0.3, 0.4) is 0 Å². The molecule has 21 heavy (non-hydrogen) atoms. The number of benzene rings is 1. The fourth-order valence-corrected chi connectivity index (χ4v) is 2.26. The maximum absolute atomic E-state index is 12.0. The zero-order valence-corrected chi connectivity index (χ0v) is 11.9. The molecule has 1 aromatic carbocycles. The lowest BCUT2D eigenvalue weighted by atomic mass is 9.96. The number of terminal acetylenes is 1. The largest absolute Gasteiger partial charge is 0.481 e. The zero-order valence-electron chi connectivity index (χ0n) is 11.9. The molecule has 2 N–H and O–H groups in total. The molecule has 1 fully saturated rings. The van der Waals surface area contributed by atoms with Gasteiger partial charge in [-0.05, 0) is 37.5 Å². The highest BCUT2D eigenvalue weighted by Crippen LogP contribution is 2.48. The third-order valence-electron chi connectivity index (χ3n) is 3.80. The number of rotatable bonds is 5. The van der Waals surface area contributed by atoms with Gasteiger partial charge in [-0.1, -0.05) is 18.1 Å². The molecule has 1 saturated carbocycles. The summed E-state index contributed by atoms with van der Waals surface area (Å²) in [7, 11) is 0. The van der Waals surface area contributed by atoms with Crippen molar-refractivity contribution in [1.29, 1.82) is 0 Å². The molecular weight excluding hydrogens is 268 g/mol. The predicted octanol–water partition coefficient (Wildman–Crippen LogP) is 2.29. The molecular formula is C16H18N2O3. The van der Waals surface area contributed by atoms with Gasteiger partial charge in [-0.3, -0.25) is 4.79 Å². The van der Waals surface area contributed by atoms with Crippen LogP contribution >= 0.6 is 0 Å². The number of carbonyl (C=O) groups excluding carboxylic acids is 1. The van der Waals surface area contributed by atoms with Crippen LogP contribution in [0.15, 0.2) is 24.3 Å². The number of hydrogen-bond acceptors (Lipinski definition) is 2. The minimum Gasteiger partial charge on any atom is -0.481 e. The average molecular weight is 286 g/mol. The molecule has 5 nitrogen and oxygen atoms in total. The Morgan fingerprint density at radius 1 is 1.38 bits per heavy atom. The Labute approximate surface area is 124 Å². The summed E-state index contributed by atoms with van der Waals surface area (Å²) in [6.45, 7) is 2.63. The van der Waals surface area contributed by atoms with Gasteiger partial charge in [0.1, 0.15) is 0 Å². The number of carbonyl (C=O) groups is 2. The van der Waals surface area contributed by atoms with E-state index in [1.165, 1.54) is 4.90 Å². The SMILES string of the molecule is C#CCN(CC)C(=O)Nc1ccc(C2(C(=O)O)CC2)cc1. The highest BCUT2D eigenvalue weighted by atomic mass is 16.4. The molecule has 2 rings (SSSR count). The number of carboxylic acid groups (broad SMARTS) is 1. The van der Waals surface area contributed by atoms with Gasteiger partial charge in [-0.25, -0.2) is 4.79 Å². The van der Waals surface area contributed by atoms with E-state index in [9.17, 15) is 14.7 Å². The Hall–Kier alpha value is -2.48. The van der Waals surface area contributed by atoms with Gasteiger partial charge >= 0.3 is 12.0 Å². The van der Waals surface area contributed by atoms with Crippen LogP contribution in [0.1, 0.15) is 25.3 Å². The minimum absolute atomic E-state index is 0.253. The second kappa shape index (κ2) is 5.88. The molecule has 0 aliphatic heterocycles. The molecule has 0 saturated heterocycles. The number of nitrogens with zero attached hydrogens (tertiary/aromatic N) is 1. The molecule has 0 atom stereocenters. The van der Waals surface area contributed by atoms with Crippen molar-refractivity contribution in [2.24, 2.45) is 0 Å². The molecule has 0 spiro atoms. The van der Waals surface area contributed by atoms with Gasteiger partial charge in [0.2, 0.25) is 0 Å². The predicted molar refractivity (Wildman–Crippen MR) is 80.1 cm³/mol. The number of anilines is 1. The third-order valence-corrected chi connectivity index (χ3v) is 3.80. The van der Waals surface area contributed by atoms with E-state index in [2.05, 4.69) is 11.2 Å². The Bertz CT molecular complexity index is 583. The molecule has 1 aromatic rings. The quantitative estimate of drug-likeness (QED) is 0.816. The van der Waals surface area contributed by atoms with E-state index in [1.54, 1.807) is 24.3 Å². The number of nitrogens with one attached hydrogen (secondary N) is 1. The van der Waals surface area contributed by atoms with Crippen LogP contribution in [0.25, 0.3) is 0 Å². The lowest BCUT2D eigenvalue weighted by Crippen LogP contribution is -2.35. The Morgan fingerprint density at radius 2 is 2.00 bits per heavy atom. The number of urea groups is 1. The molecule has 0 aromatic heterocycles. The first-order chi connectivity index (χ1) is 10.0. The molecule has 110 valence electrons. The van der Waals surface area contributed by atoms with E-state index in [0.29, 0.717) is 25.1 Å². The molecule has 2 amide bonds. The Kier molecular flexibility index (Phi) is 4.18. The standard InChI is InChI=1S/C16H18N2O3/c1-3-11-18(4-2)15(21)17-13-7-5-12(6-8-13)16(9-10-16)14(19)20/h1,5-8H,4,9-11H2,2H3,(H,17,21)(H,19,20). The fraction of sp³-hybridized carbons (Fsp3) is 0.375. The first-order valence-corrected chi connectivity index (χ1v) is 6.87. The minimum atomic E-state index is -0.787. The van der Waals surface area contributed by atoms with Crippen LogP contribution in [-0.2, 0) is 10.2 Å². The van der Waals surface area contributed by atoms with Crippen molar-refractivity contribution in [3.63, 3.8) is 0 Å².